The standard InChI is InChI=1S/C35H39NO4/c1-22(21-40-34(39)26-11-13-31-25(18-26)9-6-16-36-31)7-5-8-23(2)28-14-15-35(4)19-29-24(3)17-32(38)33(29)27(20-37)10-12-30(28)35/h5-11,13,16-18,20,23,28-30,33H,12,14-15,19,21H2,1-4H3/b8-5-,22-7-,27-10-/t23-,28+,29+,30-,33-,35+/m0/s1. The number of aromatic nitrogens is 1. The van der Waals surface area contributed by atoms with E-state index in [0.29, 0.717) is 28.9 Å². The van der Waals surface area contributed by atoms with E-state index in [4.69, 9.17) is 4.74 Å². The van der Waals surface area contributed by atoms with Gasteiger partial charge in [0.2, 0.25) is 0 Å². The number of carbonyl (C=O) groups is 3. The van der Waals surface area contributed by atoms with Crippen LogP contribution in [0.1, 0.15) is 63.7 Å². The van der Waals surface area contributed by atoms with Crippen molar-refractivity contribution in [3.63, 3.8) is 0 Å². The Morgan fingerprint density at radius 2 is 2.10 bits per heavy atom. The van der Waals surface area contributed by atoms with Gasteiger partial charge in [-0.05, 0) is 110 Å². The highest BCUT2D eigenvalue weighted by Crippen LogP contribution is 2.58. The average Bonchev–Trinajstić information content (AvgIpc) is 3.40. The molecule has 40 heavy (non-hydrogen) atoms. The van der Waals surface area contributed by atoms with E-state index < -0.39 is 0 Å². The average molecular weight is 538 g/mol. The van der Waals surface area contributed by atoms with E-state index in [2.05, 4.69) is 37.1 Å². The van der Waals surface area contributed by atoms with Crippen molar-refractivity contribution in [1.29, 1.82) is 0 Å². The van der Waals surface area contributed by atoms with Gasteiger partial charge in [-0.25, -0.2) is 4.79 Å². The topological polar surface area (TPSA) is 73.3 Å². The fourth-order valence-corrected chi connectivity index (χ4v) is 7.36. The van der Waals surface area contributed by atoms with Gasteiger partial charge in [-0.2, -0.15) is 0 Å². The van der Waals surface area contributed by atoms with Gasteiger partial charge in [0.05, 0.1) is 17.0 Å². The normalized spacial score (nSPS) is 30.6. The summed E-state index contributed by atoms with van der Waals surface area (Å²) in [5.41, 5.74) is 4.29. The molecule has 5 rings (SSSR count). The molecule has 0 bridgehead atoms. The summed E-state index contributed by atoms with van der Waals surface area (Å²) >= 11 is 0. The maximum absolute atomic E-state index is 12.7. The molecular weight excluding hydrogens is 498 g/mol. The highest BCUT2D eigenvalue weighted by molar-refractivity contribution is 6.01. The van der Waals surface area contributed by atoms with E-state index in [1.807, 2.05) is 44.2 Å². The summed E-state index contributed by atoms with van der Waals surface area (Å²) in [4.78, 5) is 41.5. The summed E-state index contributed by atoms with van der Waals surface area (Å²) in [5.74, 6) is 0.954. The van der Waals surface area contributed by atoms with E-state index in [0.717, 1.165) is 54.0 Å². The molecular formula is C35H39NO4. The van der Waals surface area contributed by atoms with E-state index >= 15 is 0 Å². The highest BCUT2D eigenvalue weighted by Gasteiger charge is 2.50. The molecule has 5 heteroatoms. The molecule has 2 aromatic rings. The zero-order valence-corrected chi connectivity index (χ0v) is 23.9. The van der Waals surface area contributed by atoms with E-state index in [1.165, 1.54) is 0 Å². The van der Waals surface area contributed by atoms with Crippen LogP contribution in [-0.4, -0.2) is 29.6 Å². The molecule has 1 saturated carbocycles. The van der Waals surface area contributed by atoms with Crippen LogP contribution in [0.3, 0.4) is 0 Å². The van der Waals surface area contributed by atoms with Crippen LogP contribution in [0, 0.1) is 35.0 Å². The van der Waals surface area contributed by atoms with Crippen molar-refractivity contribution in [1.82, 2.24) is 4.98 Å². The van der Waals surface area contributed by atoms with Crippen LogP contribution in [0.25, 0.3) is 10.9 Å². The zero-order valence-electron chi connectivity index (χ0n) is 23.9. The van der Waals surface area contributed by atoms with Gasteiger partial charge >= 0.3 is 5.97 Å². The van der Waals surface area contributed by atoms with Gasteiger partial charge in [0.1, 0.15) is 12.9 Å². The Bertz CT molecular complexity index is 1450. The number of esters is 1. The monoisotopic (exact) mass is 537 g/mol. The van der Waals surface area contributed by atoms with Gasteiger partial charge in [0, 0.05) is 11.6 Å². The van der Waals surface area contributed by atoms with Crippen LogP contribution >= 0.6 is 0 Å². The molecule has 3 aliphatic rings. The highest BCUT2D eigenvalue weighted by atomic mass is 16.5. The van der Waals surface area contributed by atoms with Crippen molar-refractivity contribution in [2.45, 2.75) is 53.4 Å². The molecule has 0 spiro atoms. The van der Waals surface area contributed by atoms with Crippen molar-refractivity contribution in [2.24, 2.45) is 35.0 Å². The van der Waals surface area contributed by atoms with Crippen molar-refractivity contribution >= 4 is 28.9 Å². The molecule has 5 nitrogen and oxygen atoms in total. The molecule has 0 radical (unpaired) electrons. The molecule has 1 aromatic heterocycles. The fourth-order valence-electron chi connectivity index (χ4n) is 7.36. The van der Waals surface area contributed by atoms with Crippen molar-refractivity contribution < 1.29 is 19.1 Å². The van der Waals surface area contributed by atoms with Crippen LogP contribution in [-0.2, 0) is 14.3 Å². The Morgan fingerprint density at radius 3 is 2.90 bits per heavy atom. The Balaban J connectivity index is 1.21. The first-order valence-electron chi connectivity index (χ1n) is 14.4. The van der Waals surface area contributed by atoms with Gasteiger partial charge in [-0.3, -0.25) is 14.6 Å². The molecule has 1 heterocycles. The molecule has 0 amide bonds. The summed E-state index contributed by atoms with van der Waals surface area (Å²) in [6, 6.07) is 9.18. The number of ketones is 1. The number of aldehydes is 1. The molecule has 6 atom stereocenters. The van der Waals surface area contributed by atoms with Crippen molar-refractivity contribution in [3.05, 3.63) is 89.2 Å². The molecule has 3 aliphatic carbocycles. The van der Waals surface area contributed by atoms with E-state index in [1.54, 1.807) is 18.3 Å². The maximum atomic E-state index is 12.7. The summed E-state index contributed by atoms with van der Waals surface area (Å²) in [5, 5.41) is 0.912. The number of hydrogen-bond acceptors (Lipinski definition) is 5. The quantitative estimate of drug-likeness (QED) is 0.211. The number of rotatable bonds is 7. The minimum Gasteiger partial charge on any atom is -0.458 e. The van der Waals surface area contributed by atoms with Gasteiger partial charge in [0.25, 0.3) is 0 Å². The number of allylic oxidation sites excluding steroid dienone is 7. The summed E-state index contributed by atoms with van der Waals surface area (Å²) in [6.45, 7) is 8.93. The van der Waals surface area contributed by atoms with Crippen LogP contribution < -0.4 is 0 Å². The van der Waals surface area contributed by atoms with Crippen LogP contribution in [0.5, 0.6) is 0 Å². The minimum atomic E-state index is -0.343. The summed E-state index contributed by atoms with van der Waals surface area (Å²) in [6.07, 6.45) is 16.9. The lowest BCUT2D eigenvalue weighted by Gasteiger charge is -2.40. The first-order chi connectivity index (χ1) is 19.2. The Labute approximate surface area is 237 Å². The van der Waals surface area contributed by atoms with E-state index in [9.17, 15) is 14.4 Å². The molecule has 1 fully saturated rings. The summed E-state index contributed by atoms with van der Waals surface area (Å²) < 4.78 is 5.55. The lowest BCUT2D eigenvalue weighted by molar-refractivity contribution is -0.119. The second-order valence-corrected chi connectivity index (χ2v) is 12.3. The molecule has 0 unspecified atom stereocenters. The third-order valence-corrected chi connectivity index (χ3v) is 9.65. The number of carbonyl (C=O) groups excluding carboxylic acids is 3. The first kappa shape index (κ1) is 27.9. The zero-order chi connectivity index (χ0) is 28.4. The lowest BCUT2D eigenvalue weighted by atomic mass is 9.63. The number of benzene rings is 1. The molecule has 1 aromatic carbocycles. The number of hydrogen-bond donors (Lipinski definition) is 0. The van der Waals surface area contributed by atoms with E-state index in [-0.39, 0.29) is 35.6 Å². The third kappa shape index (κ3) is 5.52. The van der Waals surface area contributed by atoms with Gasteiger partial charge in [-0.15, -0.1) is 0 Å². The van der Waals surface area contributed by atoms with Gasteiger partial charge in [0.15, 0.2) is 5.78 Å². The Morgan fingerprint density at radius 1 is 1.27 bits per heavy atom. The summed E-state index contributed by atoms with van der Waals surface area (Å²) in [7, 11) is 0. The second-order valence-electron chi connectivity index (χ2n) is 12.3. The smallest absolute Gasteiger partial charge is 0.338 e. The fraction of sp³-hybridized carbons (Fsp3) is 0.429. The Hall–Kier alpha value is -3.60. The predicted molar refractivity (Wildman–Crippen MR) is 158 cm³/mol. The lowest BCUT2D eigenvalue weighted by Crippen LogP contribution is -2.34. The number of ether oxygens (including phenoxy) is 1. The molecule has 0 N–H and O–H groups in total. The van der Waals surface area contributed by atoms with Crippen LogP contribution in [0.4, 0.5) is 0 Å². The number of nitrogens with zero attached hydrogens (tertiary/aromatic N) is 1. The minimum absolute atomic E-state index is 0.0937. The second kappa shape index (κ2) is 11.5. The van der Waals surface area contributed by atoms with Crippen LogP contribution in [0.2, 0.25) is 0 Å². The predicted octanol–water partition coefficient (Wildman–Crippen LogP) is 7.24. The SMILES string of the molecule is CC1=CC(=O)[C@H]2/C(C=O)=C\C[C@H]3[C@@H]([C@@H](C)/C=C\C=C(\C)COC(=O)c4ccc5ncccc5c4)CC[C@]3(C)C[C@H]12. The third-order valence-electron chi connectivity index (χ3n) is 9.65. The largest absolute Gasteiger partial charge is 0.458 e. The van der Waals surface area contributed by atoms with Gasteiger partial charge < -0.3 is 4.74 Å². The first-order valence-corrected chi connectivity index (χ1v) is 14.4. The number of fused-ring (bicyclic) bond motifs is 3. The number of pyridine rings is 1. The van der Waals surface area contributed by atoms with Crippen LogP contribution in [0.15, 0.2) is 83.6 Å². The Kier molecular flexibility index (Phi) is 8.02. The molecule has 208 valence electrons. The van der Waals surface area contributed by atoms with Crippen molar-refractivity contribution in [3.8, 4) is 0 Å². The molecule has 0 saturated heterocycles. The van der Waals surface area contributed by atoms with Gasteiger partial charge in [-0.1, -0.05) is 49.8 Å². The maximum Gasteiger partial charge on any atom is 0.338 e. The van der Waals surface area contributed by atoms with Crippen molar-refractivity contribution in [2.75, 3.05) is 6.61 Å². The molecule has 0 aliphatic heterocycles.